The second-order valence-electron chi connectivity index (χ2n) is 18.8. The van der Waals surface area contributed by atoms with Gasteiger partial charge in [0, 0.05) is 13.0 Å². The van der Waals surface area contributed by atoms with Crippen molar-refractivity contribution in [2.75, 3.05) is 26.4 Å². The molecule has 1 aliphatic heterocycles. The third-order valence-corrected chi connectivity index (χ3v) is 12.4. The summed E-state index contributed by atoms with van der Waals surface area (Å²) in [4.78, 5) is 13.0. The zero-order chi connectivity index (χ0) is 55.3. The van der Waals surface area contributed by atoms with E-state index < -0.39 is 59.8 Å². The molecule has 6 unspecified atom stereocenters. The van der Waals surface area contributed by atoms with Crippen molar-refractivity contribution < 1.29 is 56.2 Å². The smallest absolute Gasteiger partial charge is 0.397 e. The highest BCUT2D eigenvalue weighted by Gasteiger charge is 2.48. The molecule has 6 atom stereocenters. The average Bonchev–Trinajstić information content (AvgIpc) is 3.40. The van der Waals surface area contributed by atoms with Crippen LogP contribution in [0.25, 0.3) is 0 Å². The molecule has 12 nitrogen and oxygen atoms in total. The second kappa shape index (κ2) is 51.7. The number of hydrogen-bond donors (Lipinski definition) is 4. The molecule has 76 heavy (non-hydrogen) atoms. The molecule has 1 aliphatic rings. The van der Waals surface area contributed by atoms with Gasteiger partial charge in [-0.3, -0.25) is 9.35 Å². The molecule has 0 bridgehead atoms. The first-order valence-corrected chi connectivity index (χ1v) is 30.0. The molecule has 1 fully saturated rings. The standard InChI is InChI=1S/C63H100O12S/c1-3-5-7-9-11-13-15-17-19-21-23-25-27-28-29-31-33-35-37-39-41-43-45-47-49-51-53-71-55-57(56-72-63-61(67)62(75-76(68,69)70)60(66)58(54-64)74-63)73-59(65)52-50-48-46-44-42-40-38-36-34-32-30-26-24-22-20-18-16-14-12-10-8-6-4-2/h5-8,11-14,17-20,23-26,28-29,32-35,39,41,57-58,60-64,66-67H,3-4,9-10,15-16,21-22,27,30-31,36-38,40,42-56H2,1-2H3,(H,68,69,70)/b7-5-,8-6-,13-11-,14-12-,19-17-,20-18-,25-23-,26-24-,29-28-,34-32-,35-33-,41-39-. The summed E-state index contributed by atoms with van der Waals surface area (Å²) < 4.78 is 59.4. The predicted octanol–water partition coefficient (Wildman–Crippen LogP) is 14.4. The van der Waals surface area contributed by atoms with E-state index in [1.165, 1.54) is 6.42 Å². The zero-order valence-corrected chi connectivity index (χ0v) is 47.3. The minimum absolute atomic E-state index is 0.00249. The van der Waals surface area contributed by atoms with Crippen LogP contribution in [0.5, 0.6) is 0 Å². The molecule has 430 valence electrons. The maximum absolute atomic E-state index is 13.0. The lowest BCUT2D eigenvalue weighted by atomic mass is 9.99. The SMILES string of the molecule is CC/C=C\C/C=C\C/C=C\C/C=C\C/C=C\C/C=C\C/C=C\CCCCCCOCC(COC1OC(CO)C(O)C(OS(=O)(=O)O)C1O)OC(=O)CCCCCCCCC/C=C\C/C=C\C/C=C\C/C=C\C/C=C\CC. The van der Waals surface area contributed by atoms with E-state index in [-0.39, 0.29) is 19.6 Å². The first kappa shape index (κ1) is 70.0. The van der Waals surface area contributed by atoms with E-state index in [0.29, 0.717) is 13.0 Å². The molecule has 13 heteroatoms. The Morgan fingerprint density at radius 2 is 0.868 bits per heavy atom. The molecule has 1 saturated heterocycles. The fourth-order valence-corrected chi connectivity index (χ4v) is 8.25. The molecular formula is C63H100O12S. The van der Waals surface area contributed by atoms with Gasteiger partial charge in [0.2, 0.25) is 0 Å². The lowest BCUT2D eigenvalue weighted by Crippen LogP contribution is -2.60. The highest BCUT2D eigenvalue weighted by molar-refractivity contribution is 7.80. The predicted molar refractivity (Wildman–Crippen MR) is 312 cm³/mol. The minimum atomic E-state index is -5.08. The largest absolute Gasteiger partial charge is 0.457 e. The molecule has 0 aromatic heterocycles. The topological polar surface area (TPSA) is 178 Å². The third-order valence-electron chi connectivity index (χ3n) is 12.0. The number of unbranched alkanes of at least 4 members (excludes halogenated alkanes) is 11. The van der Waals surface area contributed by atoms with E-state index in [1.54, 1.807) is 0 Å². The summed E-state index contributed by atoms with van der Waals surface area (Å²) in [5, 5.41) is 30.9. The van der Waals surface area contributed by atoms with Crippen molar-refractivity contribution in [1.29, 1.82) is 0 Å². The van der Waals surface area contributed by atoms with E-state index in [4.69, 9.17) is 18.9 Å². The van der Waals surface area contributed by atoms with Gasteiger partial charge in [0.15, 0.2) is 6.29 Å². The first-order chi connectivity index (χ1) is 37.1. The number of ether oxygens (including phenoxy) is 4. The Kier molecular flexibility index (Phi) is 47.6. The number of rotatable bonds is 48. The molecule has 0 aromatic carbocycles. The Hall–Kier alpha value is -4.02. The molecule has 0 aliphatic carbocycles. The third kappa shape index (κ3) is 44.0. The second-order valence-corrected chi connectivity index (χ2v) is 19.8. The normalized spacial score (nSPS) is 19.7. The van der Waals surface area contributed by atoms with Crippen LogP contribution in [0.4, 0.5) is 0 Å². The zero-order valence-electron chi connectivity index (χ0n) is 46.5. The molecule has 0 saturated carbocycles. The maximum atomic E-state index is 13.0. The molecule has 0 amide bonds. The lowest BCUT2D eigenvalue weighted by Gasteiger charge is -2.41. The van der Waals surface area contributed by atoms with Gasteiger partial charge in [-0.1, -0.05) is 205 Å². The van der Waals surface area contributed by atoms with Gasteiger partial charge in [0.1, 0.15) is 30.5 Å². The van der Waals surface area contributed by atoms with Crippen LogP contribution in [0.1, 0.15) is 181 Å². The van der Waals surface area contributed by atoms with Crippen LogP contribution in [0, 0.1) is 0 Å². The van der Waals surface area contributed by atoms with Crippen LogP contribution in [0.3, 0.4) is 0 Å². The van der Waals surface area contributed by atoms with Crippen molar-refractivity contribution in [2.24, 2.45) is 0 Å². The summed E-state index contributed by atoms with van der Waals surface area (Å²) in [7, 11) is -5.08. The van der Waals surface area contributed by atoms with Gasteiger partial charge < -0.3 is 34.3 Å². The summed E-state index contributed by atoms with van der Waals surface area (Å²) in [6.07, 6.45) is 68.7. The first-order valence-electron chi connectivity index (χ1n) is 28.6. The quantitative estimate of drug-likeness (QED) is 0.0196. The Bertz CT molecular complexity index is 1870. The number of carbonyl (C=O) groups excluding carboxylic acids is 1. The molecular weight excluding hydrogens is 981 g/mol. The van der Waals surface area contributed by atoms with E-state index in [0.717, 1.165) is 148 Å². The fourth-order valence-electron chi connectivity index (χ4n) is 7.74. The highest BCUT2D eigenvalue weighted by atomic mass is 32.3. The van der Waals surface area contributed by atoms with Gasteiger partial charge in [-0.15, -0.1) is 0 Å². The summed E-state index contributed by atoms with van der Waals surface area (Å²) in [5.74, 6) is -0.426. The van der Waals surface area contributed by atoms with Crippen molar-refractivity contribution in [1.82, 2.24) is 0 Å². The summed E-state index contributed by atoms with van der Waals surface area (Å²) in [6.45, 7) is 3.67. The van der Waals surface area contributed by atoms with E-state index in [1.807, 2.05) is 0 Å². The van der Waals surface area contributed by atoms with Crippen LogP contribution in [0.15, 0.2) is 146 Å². The average molecular weight is 1080 g/mol. The minimum Gasteiger partial charge on any atom is -0.457 e. The van der Waals surface area contributed by atoms with Gasteiger partial charge in [-0.05, 0) is 116 Å². The summed E-state index contributed by atoms with van der Waals surface area (Å²) >= 11 is 0. The Morgan fingerprint density at radius 3 is 1.26 bits per heavy atom. The summed E-state index contributed by atoms with van der Waals surface area (Å²) in [5.41, 5.74) is 0. The Balaban J connectivity index is 2.37. The van der Waals surface area contributed by atoms with E-state index >= 15 is 0 Å². The number of hydrogen-bond acceptors (Lipinski definition) is 11. The Labute approximate surface area is 460 Å². The van der Waals surface area contributed by atoms with Gasteiger partial charge in [-0.2, -0.15) is 8.42 Å². The number of aliphatic hydroxyl groups is 3. The fraction of sp³-hybridized carbons (Fsp3) is 0.603. The van der Waals surface area contributed by atoms with Crippen LogP contribution in [-0.2, 0) is 38.3 Å². The van der Waals surface area contributed by atoms with Crippen LogP contribution in [-0.4, -0.2) is 97.5 Å². The van der Waals surface area contributed by atoms with Crippen molar-refractivity contribution in [3.8, 4) is 0 Å². The van der Waals surface area contributed by atoms with Crippen LogP contribution < -0.4 is 0 Å². The molecule has 1 heterocycles. The lowest BCUT2D eigenvalue weighted by molar-refractivity contribution is -0.301. The van der Waals surface area contributed by atoms with E-state index in [9.17, 15) is 33.1 Å². The highest BCUT2D eigenvalue weighted by Crippen LogP contribution is 2.26. The number of carbonyl (C=O) groups is 1. The number of aliphatic hydroxyl groups excluding tert-OH is 3. The molecule has 4 N–H and O–H groups in total. The van der Waals surface area contributed by atoms with Crippen molar-refractivity contribution in [3.05, 3.63) is 146 Å². The molecule has 0 radical (unpaired) electrons. The van der Waals surface area contributed by atoms with Crippen molar-refractivity contribution in [2.45, 2.75) is 218 Å². The van der Waals surface area contributed by atoms with Crippen LogP contribution >= 0.6 is 0 Å². The molecule has 0 aromatic rings. The number of esters is 1. The van der Waals surface area contributed by atoms with Gasteiger partial charge in [-0.25, -0.2) is 4.18 Å². The van der Waals surface area contributed by atoms with Crippen LogP contribution in [0.2, 0.25) is 0 Å². The molecule has 1 rings (SSSR count). The Morgan fingerprint density at radius 1 is 0.500 bits per heavy atom. The maximum Gasteiger partial charge on any atom is 0.397 e. The van der Waals surface area contributed by atoms with Gasteiger partial charge in [0.25, 0.3) is 0 Å². The monoisotopic (exact) mass is 1080 g/mol. The van der Waals surface area contributed by atoms with Gasteiger partial charge >= 0.3 is 16.4 Å². The van der Waals surface area contributed by atoms with Gasteiger partial charge in [0.05, 0.1) is 19.8 Å². The van der Waals surface area contributed by atoms with E-state index in [2.05, 4.69) is 164 Å². The number of allylic oxidation sites excluding steroid dienone is 24. The summed E-state index contributed by atoms with van der Waals surface area (Å²) in [6, 6.07) is 0. The van der Waals surface area contributed by atoms with Crippen molar-refractivity contribution >= 4 is 16.4 Å². The molecule has 0 spiro atoms. The van der Waals surface area contributed by atoms with Crippen molar-refractivity contribution in [3.63, 3.8) is 0 Å².